The molecule has 0 aromatic heterocycles. The molecule has 0 radical (unpaired) electrons. The van der Waals surface area contributed by atoms with E-state index in [1.165, 1.54) is 32.1 Å². The van der Waals surface area contributed by atoms with Crippen LogP contribution in [0.2, 0.25) is 0 Å². The van der Waals surface area contributed by atoms with E-state index in [0.29, 0.717) is 30.3 Å². The second-order valence-corrected chi connectivity index (χ2v) is 9.85. The lowest BCUT2D eigenvalue weighted by molar-refractivity contribution is -0.139. The van der Waals surface area contributed by atoms with Crippen LogP contribution in [-0.4, -0.2) is 41.6 Å². The molecule has 1 saturated carbocycles. The van der Waals surface area contributed by atoms with E-state index in [4.69, 9.17) is 4.74 Å². The van der Waals surface area contributed by atoms with Gasteiger partial charge in [-0.3, -0.25) is 4.79 Å². The second-order valence-electron chi connectivity index (χ2n) is 8.86. The van der Waals surface area contributed by atoms with Crippen LogP contribution in [0, 0.1) is 12.8 Å². The van der Waals surface area contributed by atoms with Gasteiger partial charge in [-0.05, 0) is 78.5 Å². The minimum absolute atomic E-state index is 0.364. The summed E-state index contributed by atoms with van der Waals surface area (Å²) in [7, 11) is 0. The Morgan fingerprint density at radius 2 is 1.88 bits per heavy atom. The fourth-order valence-corrected chi connectivity index (χ4v) is 4.87. The number of hydrogen-bond acceptors (Lipinski definition) is 4. The van der Waals surface area contributed by atoms with Gasteiger partial charge in [-0.25, -0.2) is 4.79 Å². The molecule has 0 spiro atoms. The third-order valence-electron chi connectivity index (χ3n) is 6.32. The number of nitrogens with one attached hydrogen (secondary N) is 1. The highest BCUT2D eigenvalue weighted by Crippen LogP contribution is 2.29. The Kier molecular flexibility index (Phi) is 9.82. The highest BCUT2D eigenvalue weighted by Gasteiger charge is 2.23. The van der Waals surface area contributed by atoms with Crippen LogP contribution in [-0.2, 0) is 16.1 Å². The van der Waals surface area contributed by atoms with E-state index >= 15 is 0 Å². The molecule has 1 amide bonds. The number of ether oxygens (including phenoxy) is 1. The summed E-state index contributed by atoms with van der Waals surface area (Å²) in [5.41, 5.74) is 4.32. The van der Waals surface area contributed by atoms with Crippen LogP contribution in [0.25, 0.3) is 11.1 Å². The third kappa shape index (κ3) is 7.34. The highest BCUT2D eigenvalue weighted by atomic mass is 32.2. The number of carboxylic acids is 1. The number of aryl methyl sites for hydroxylation is 1. The predicted octanol–water partition coefficient (Wildman–Crippen LogP) is 5.70. The van der Waals surface area contributed by atoms with Crippen LogP contribution in [0.5, 0.6) is 0 Å². The molecule has 0 unspecified atom stereocenters. The molecular weight excluding hydrogens is 434 g/mol. The van der Waals surface area contributed by atoms with Gasteiger partial charge in [-0.15, -0.1) is 0 Å². The first kappa shape index (κ1) is 25.3. The number of amides is 1. The van der Waals surface area contributed by atoms with Crippen molar-refractivity contribution in [1.82, 2.24) is 5.32 Å². The fourth-order valence-electron chi connectivity index (χ4n) is 4.40. The van der Waals surface area contributed by atoms with Crippen molar-refractivity contribution in [2.45, 2.75) is 58.1 Å². The fraction of sp³-hybridized carbons (Fsp3) is 0.481. The Morgan fingerprint density at radius 1 is 1.12 bits per heavy atom. The smallest absolute Gasteiger partial charge is 0.326 e. The van der Waals surface area contributed by atoms with E-state index < -0.39 is 12.0 Å². The minimum Gasteiger partial charge on any atom is -0.480 e. The molecule has 0 aliphatic heterocycles. The Bertz CT molecular complexity index is 939. The van der Waals surface area contributed by atoms with Crippen LogP contribution < -0.4 is 5.32 Å². The average Bonchev–Trinajstić information content (AvgIpc) is 2.82. The van der Waals surface area contributed by atoms with Crippen LogP contribution in [0.1, 0.15) is 60.0 Å². The largest absolute Gasteiger partial charge is 0.480 e. The van der Waals surface area contributed by atoms with Crippen LogP contribution in [0.15, 0.2) is 42.5 Å². The van der Waals surface area contributed by atoms with Gasteiger partial charge in [0.15, 0.2) is 0 Å². The molecule has 178 valence electrons. The summed E-state index contributed by atoms with van der Waals surface area (Å²) in [6.45, 7) is 3.29. The maximum absolute atomic E-state index is 13.1. The van der Waals surface area contributed by atoms with Gasteiger partial charge in [-0.1, -0.05) is 49.6 Å². The summed E-state index contributed by atoms with van der Waals surface area (Å²) < 4.78 is 6.04. The molecule has 1 atom stereocenters. The summed E-state index contributed by atoms with van der Waals surface area (Å²) in [6.07, 6.45) is 8.72. The van der Waals surface area contributed by atoms with Crippen LogP contribution in [0.3, 0.4) is 0 Å². The lowest BCUT2D eigenvalue weighted by atomic mass is 9.90. The van der Waals surface area contributed by atoms with Gasteiger partial charge < -0.3 is 15.2 Å². The topological polar surface area (TPSA) is 75.6 Å². The molecule has 0 saturated heterocycles. The van der Waals surface area contributed by atoms with E-state index in [0.717, 1.165) is 28.9 Å². The molecule has 1 aliphatic carbocycles. The number of carbonyl (C=O) groups is 2. The maximum Gasteiger partial charge on any atom is 0.326 e. The SMILES string of the molecule is CSCC[C@H](NC(=O)c1ccc(COCC2CCCCC2)cc1-c1ccccc1C)C(=O)O. The molecule has 5 nitrogen and oxygen atoms in total. The van der Waals surface area contributed by atoms with Crippen LogP contribution in [0.4, 0.5) is 0 Å². The molecular formula is C27H35NO4S. The molecule has 6 heteroatoms. The van der Waals surface area contributed by atoms with Crippen molar-refractivity contribution < 1.29 is 19.4 Å². The van der Waals surface area contributed by atoms with Crippen molar-refractivity contribution in [3.8, 4) is 11.1 Å². The number of carboxylic acid groups (broad SMARTS) is 1. The van der Waals surface area contributed by atoms with Gasteiger partial charge in [0.2, 0.25) is 0 Å². The number of benzene rings is 2. The monoisotopic (exact) mass is 469 g/mol. The van der Waals surface area contributed by atoms with E-state index in [1.807, 2.05) is 49.6 Å². The summed E-state index contributed by atoms with van der Waals surface area (Å²) in [6, 6.07) is 12.7. The lowest BCUT2D eigenvalue weighted by Gasteiger charge is -2.21. The standard InChI is InChI=1S/C27H35NO4S/c1-19-8-6-7-11-22(19)24-16-21(18-32-17-20-9-4-3-5-10-20)12-13-23(24)26(29)28-25(27(30)31)14-15-33-2/h6-8,11-13,16,20,25H,3-5,9-10,14-15,17-18H2,1-2H3,(H,28,29)(H,30,31)/t25-/m0/s1. The lowest BCUT2D eigenvalue weighted by Crippen LogP contribution is -2.41. The molecule has 0 bridgehead atoms. The first-order chi connectivity index (χ1) is 16.0. The first-order valence-corrected chi connectivity index (χ1v) is 13.2. The van der Waals surface area contributed by atoms with Gasteiger partial charge in [0.1, 0.15) is 6.04 Å². The molecule has 2 aromatic carbocycles. The molecule has 1 fully saturated rings. The average molecular weight is 470 g/mol. The van der Waals surface area contributed by atoms with Gasteiger partial charge in [0.05, 0.1) is 6.61 Å². The Hall–Kier alpha value is -2.31. The quantitative estimate of drug-likeness (QED) is 0.442. The maximum atomic E-state index is 13.1. The van der Waals surface area contributed by atoms with Crippen LogP contribution >= 0.6 is 11.8 Å². The molecule has 1 aliphatic rings. The summed E-state index contributed by atoms with van der Waals surface area (Å²) >= 11 is 1.56. The first-order valence-electron chi connectivity index (χ1n) is 11.8. The zero-order valence-corrected chi connectivity index (χ0v) is 20.5. The Labute approximate surface area is 201 Å². The summed E-state index contributed by atoms with van der Waals surface area (Å²) in [5.74, 6) is -0.0630. The zero-order chi connectivity index (χ0) is 23.6. The normalized spacial score (nSPS) is 15.2. The summed E-state index contributed by atoms with van der Waals surface area (Å²) in [4.78, 5) is 24.8. The van der Waals surface area contributed by atoms with Gasteiger partial charge in [-0.2, -0.15) is 11.8 Å². The molecule has 2 aromatic rings. The number of aliphatic carboxylic acids is 1. The van der Waals surface area contributed by atoms with Crippen molar-refractivity contribution in [3.63, 3.8) is 0 Å². The van der Waals surface area contributed by atoms with Crippen molar-refractivity contribution >= 4 is 23.6 Å². The van der Waals surface area contributed by atoms with Gasteiger partial charge in [0, 0.05) is 12.2 Å². The van der Waals surface area contributed by atoms with Crippen molar-refractivity contribution in [1.29, 1.82) is 0 Å². The van der Waals surface area contributed by atoms with Crippen molar-refractivity contribution in [3.05, 3.63) is 59.2 Å². The minimum atomic E-state index is -1.01. The second kappa shape index (κ2) is 12.8. The van der Waals surface area contributed by atoms with E-state index in [2.05, 4.69) is 5.32 Å². The van der Waals surface area contributed by atoms with Gasteiger partial charge in [0.25, 0.3) is 5.91 Å². The molecule has 3 rings (SSSR count). The highest BCUT2D eigenvalue weighted by molar-refractivity contribution is 7.98. The molecule has 2 N–H and O–H groups in total. The van der Waals surface area contributed by atoms with Crippen molar-refractivity contribution in [2.24, 2.45) is 5.92 Å². The Balaban J connectivity index is 1.80. The number of thioether (sulfide) groups is 1. The Morgan fingerprint density at radius 3 is 2.58 bits per heavy atom. The number of carbonyl (C=O) groups excluding carboxylic acids is 1. The number of rotatable bonds is 11. The zero-order valence-electron chi connectivity index (χ0n) is 19.6. The van der Waals surface area contributed by atoms with E-state index in [1.54, 1.807) is 17.8 Å². The summed E-state index contributed by atoms with van der Waals surface area (Å²) in [5, 5.41) is 12.3. The predicted molar refractivity (Wildman–Crippen MR) is 135 cm³/mol. The van der Waals surface area contributed by atoms with Crippen molar-refractivity contribution in [2.75, 3.05) is 18.6 Å². The van der Waals surface area contributed by atoms with E-state index in [9.17, 15) is 14.7 Å². The van der Waals surface area contributed by atoms with Gasteiger partial charge >= 0.3 is 5.97 Å². The van der Waals surface area contributed by atoms with E-state index in [-0.39, 0.29) is 5.91 Å². The third-order valence-corrected chi connectivity index (χ3v) is 6.97. The molecule has 0 heterocycles. The number of hydrogen-bond donors (Lipinski definition) is 2. The molecule has 33 heavy (non-hydrogen) atoms.